The van der Waals surface area contributed by atoms with Gasteiger partial charge in [-0.05, 0) is 68.0 Å². The predicted molar refractivity (Wildman–Crippen MR) is 138 cm³/mol. The van der Waals surface area contributed by atoms with E-state index in [2.05, 4.69) is 46.0 Å². The maximum Gasteiger partial charge on any atom is 0.228 e. The van der Waals surface area contributed by atoms with Gasteiger partial charge < -0.3 is 19.6 Å². The molecule has 3 fully saturated rings. The Bertz CT molecular complexity index is 1070. The standard InChI is InChI=1S/C27H36N6O2/c1-19-8-10-30(11-9-19)24-6-7-25(29-28-24)31-12-14-32(15-13-31)27(35)22-17-26(34)33(18-22)23-5-4-20(2)21(3)16-23/h4-7,16,19,22H,8-15,17-18H2,1-3H3. The quantitative estimate of drug-likeness (QED) is 0.676. The number of rotatable bonds is 4. The molecule has 1 unspecified atom stereocenters. The van der Waals surface area contributed by atoms with Crippen molar-refractivity contribution in [2.24, 2.45) is 11.8 Å². The predicted octanol–water partition coefficient (Wildman–Crippen LogP) is 3.03. The van der Waals surface area contributed by atoms with Crippen molar-refractivity contribution in [3.63, 3.8) is 0 Å². The van der Waals surface area contributed by atoms with Crippen molar-refractivity contribution in [2.45, 2.75) is 40.0 Å². The molecular weight excluding hydrogens is 440 g/mol. The number of carbonyl (C=O) groups excluding carboxylic acids is 2. The highest BCUT2D eigenvalue weighted by Crippen LogP contribution is 2.28. The zero-order valence-electron chi connectivity index (χ0n) is 21.1. The Balaban J connectivity index is 1.15. The topological polar surface area (TPSA) is 72.9 Å². The van der Waals surface area contributed by atoms with E-state index in [9.17, 15) is 9.59 Å². The molecule has 186 valence electrons. The van der Waals surface area contributed by atoms with Gasteiger partial charge in [0.25, 0.3) is 0 Å². The Hall–Kier alpha value is -3.16. The van der Waals surface area contributed by atoms with Gasteiger partial charge in [0.15, 0.2) is 11.6 Å². The number of hydrogen-bond donors (Lipinski definition) is 0. The average Bonchev–Trinajstić information content (AvgIpc) is 3.27. The fraction of sp³-hybridized carbons (Fsp3) is 0.556. The molecule has 8 heteroatoms. The molecule has 35 heavy (non-hydrogen) atoms. The summed E-state index contributed by atoms with van der Waals surface area (Å²) in [6.07, 6.45) is 2.69. The third-order valence-electron chi connectivity index (χ3n) is 7.94. The SMILES string of the molecule is Cc1ccc(N2CC(C(=O)N3CCN(c4ccc(N5CCC(C)CC5)nn4)CC3)CC2=O)cc1C. The molecule has 0 spiro atoms. The first-order chi connectivity index (χ1) is 16.9. The maximum absolute atomic E-state index is 13.2. The summed E-state index contributed by atoms with van der Waals surface area (Å²) in [5.74, 6) is 2.45. The summed E-state index contributed by atoms with van der Waals surface area (Å²) in [5, 5.41) is 8.98. The molecule has 2 aromatic rings. The smallest absolute Gasteiger partial charge is 0.228 e. The Morgan fingerprint density at radius 2 is 1.49 bits per heavy atom. The van der Waals surface area contributed by atoms with Crippen molar-refractivity contribution in [3.05, 3.63) is 41.5 Å². The zero-order valence-corrected chi connectivity index (χ0v) is 21.1. The summed E-state index contributed by atoms with van der Waals surface area (Å²) in [5.41, 5.74) is 3.24. The average molecular weight is 477 g/mol. The number of carbonyl (C=O) groups is 2. The van der Waals surface area contributed by atoms with Crippen molar-refractivity contribution >= 4 is 29.1 Å². The van der Waals surface area contributed by atoms with E-state index in [0.717, 1.165) is 55.0 Å². The number of benzene rings is 1. The number of amides is 2. The van der Waals surface area contributed by atoms with Crippen LogP contribution in [0.4, 0.5) is 17.3 Å². The molecule has 0 aliphatic carbocycles. The Labute approximate surface area is 207 Å². The molecule has 5 rings (SSSR count). The largest absolute Gasteiger partial charge is 0.355 e. The second kappa shape index (κ2) is 9.84. The lowest BCUT2D eigenvalue weighted by molar-refractivity contribution is -0.136. The summed E-state index contributed by atoms with van der Waals surface area (Å²) in [4.78, 5) is 34.1. The minimum Gasteiger partial charge on any atom is -0.355 e. The van der Waals surface area contributed by atoms with Crippen molar-refractivity contribution in [2.75, 3.05) is 60.5 Å². The highest BCUT2D eigenvalue weighted by atomic mass is 16.2. The van der Waals surface area contributed by atoms with Gasteiger partial charge in [0, 0.05) is 57.9 Å². The minimum absolute atomic E-state index is 0.0313. The van der Waals surface area contributed by atoms with E-state index in [0.29, 0.717) is 19.6 Å². The maximum atomic E-state index is 13.2. The fourth-order valence-electron chi connectivity index (χ4n) is 5.32. The second-order valence-electron chi connectivity index (χ2n) is 10.4. The monoisotopic (exact) mass is 476 g/mol. The number of aromatic nitrogens is 2. The van der Waals surface area contributed by atoms with E-state index in [1.165, 1.54) is 18.4 Å². The lowest BCUT2D eigenvalue weighted by Crippen LogP contribution is -2.51. The first-order valence-corrected chi connectivity index (χ1v) is 12.9. The Kier molecular flexibility index (Phi) is 6.62. The highest BCUT2D eigenvalue weighted by molar-refractivity contribution is 6.00. The van der Waals surface area contributed by atoms with Gasteiger partial charge in [-0.15, -0.1) is 10.2 Å². The molecule has 1 aromatic carbocycles. The van der Waals surface area contributed by atoms with Gasteiger partial charge in [0.2, 0.25) is 11.8 Å². The molecule has 0 N–H and O–H groups in total. The van der Waals surface area contributed by atoms with Crippen LogP contribution in [-0.4, -0.2) is 72.7 Å². The summed E-state index contributed by atoms with van der Waals surface area (Å²) in [6.45, 7) is 11.7. The van der Waals surface area contributed by atoms with Gasteiger partial charge in [-0.25, -0.2) is 0 Å². The van der Waals surface area contributed by atoms with Crippen LogP contribution in [0.3, 0.4) is 0 Å². The molecule has 1 atom stereocenters. The summed E-state index contributed by atoms with van der Waals surface area (Å²) >= 11 is 0. The van der Waals surface area contributed by atoms with Crippen molar-refractivity contribution in [1.82, 2.24) is 15.1 Å². The van der Waals surface area contributed by atoms with Gasteiger partial charge in [0.1, 0.15) is 0 Å². The molecule has 0 saturated carbocycles. The van der Waals surface area contributed by atoms with Crippen LogP contribution < -0.4 is 14.7 Å². The number of anilines is 3. The number of aryl methyl sites for hydroxylation is 2. The molecule has 4 heterocycles. The van der Waals surface area contributed by atoms with Gasteiger partial charge in [-0.2, -0.15) is 0 Å². The van der Waals surface area contributed by atoms with Gasteiger partial charge >= 0.3 is 0 Å². The van der Waals surface area contributed by atoms with E-state index in [4.69, 9.17) is 0 Å². The van der Waals surface area contributed by atoms with Crippen LogP contribution in [0.25, 0.3) is 0 Å². The third-order valence-corrected chi connectivity index (χ3v) is 7.94. The van der Waals surface area contributed by atoms with E-state index in [1.54, 1.807) is 4.90 Å². The Morgan fingerprint density at radius 3 is 2.09 bits per heavy atom. The van der Waals surface area contributed by atoms with E-state index in [1.807, 2.05) is 30.0 Å². The highest BCUT2D eigenvalue weighted by Gasteiger charge is 2.38. The number of hydrogen-bond acceptors (Lipinski definition) is 6. The van der Waals surface area contributed by atoms with E-state index >= 15 is 0 Å². The lowest BCUT2D eigenvalue weighted by atomic mass is 9.99. The lowest BCUT2D eigenvalue weighted by Gasteiger charge is -2.36. The molecule has 1 aromatic heterocycles. The van der Waals surface area contributed by atoms with Crippen LogP contribution >= 0.6 is 0 Å². The number of piperazine rings is 1. The van der Waals surface area contributed by atoms with Crippen LogP contribution in [-0.2, 0) is 9.59 Å². The van der Waals surface area contributed by atoms with E-state index in [-0.39, 0.29) is 24.2 Å². The first-order valence-electron chi connectivity index (χ1n) is 12.9. The van der Waals surface area contributed by atoms with Crippen LogP contribution in [0.5, 0.6) is 0 Å². The molecule has 3 saturated heterocycles. The molecular formula is C27H36N6O2. The number of piperidine rings is 1. The second-order valence-corrected chi connectivity index (χ2v) is 10.4. The molecule has 8 nitrogen and oxygen atoms in total. The van der Waals surface area contributed by atoms with Crippen molar-refractivity contribution < 1.29 is 9.59 Å². The van der Waals surface area contributed by atoms with Crippen LogP contribution in [0.2, 0.25) is 0 Å². The normalized spacial score (nSPS) is 21.7. The van der Waals surface area contributed by atoms with Crippen molar-refractivity contribution in [3.8, 4) is 0 Å². The van der Waals surface area contributed by atoms with E-state index < -0.39 is 0 Å². The van der Waals surface area contributed by atoms with Gasteiger partial charge in [-0.3, -0.25) is 9.59 Å². The molecule has 3 aliphatic heterocycles. The Morgan fingerprint density at radius 1 is 0.857 bits per heavy atom. The molecule has 0 radical (unpaired) electrons. The summed E-state index contributed by atoms with van der Waals surface area (Å²) < 4.78 is 0. The van der Waals surface area contributed by atoms with Gasteiger partial charge in [0.05, 0.1) is 5.92 Å². The van der Waals surface area contributed by atoms with Crippen LogP contribution in [0, 0.1) is 25.7 Å². The van der Waals surface area contributed by atoms with Crippen LogP contribution in [0.1, 0.15) is 37.3 Å². The van der Waals surface area contributed by atoms with Crippen LogP contribution in [0.15, 0.2) is 30.3 Å². The molecule has 2 amide bonds. The molecule has 0 bridgehead atoms. The summed E-state index contributed by atoms with van der Waals surface area (Å²) in [6, 6.07) is 10.2. The first kappa shape index (κ1) is 23.6. The fourth-order valence-corrected chi connectivity index (χ4v) is 5.32. The number of nitrogens with zero attached hydrogens (tertiary/aromatic N) is 6. The van der Waals surface area contributed by atoms with Crippen molar-refractivity contribution in [1.29, 1.82) is 0 Å². The molecule has 3 aliphatic rings. The summed E-state index contributed by atoms with van der Waals surface area (Å²) in [7, 11) is 0. The van der Waals surface area contributed by atoms with Gasteiger partial charge in [-0.1, -0.05) is 13.0 Å². The zero-order chi connectivity index (χ0) is 24.5. The third kappa shape index (κ3) is 4.97. The minimum atomic E-state index is -0.276.